The fourth-order valence-electron chi connectivity index (χ4n) is 11.6. The van der Waals surface area contributed by atoms with E-state index in [1.807, 2.05) is 134 Å². The van der Waals surface area contributed by atoms with Crippen LogP contribution in [-0.2, 0) is 51.0 Å². The standard InChI is InChI=1S/2C23H21N3O4S.C17H16N2O3.C16H14N2O3.3CH3NO2.CH5N.Li.2H2O.H/c2*1-16-7-3-6-10-22(16)31(28,29)25-23(27)17-11-12-19(21(13-17)30-2)15-26-20-9-5-4-8-18(20)14-24-26;1-21-16-9-12(17(20)22-2)7-8-14(16)11-19-15-6-4-3-5-13(15)10-18-19;1-21-15-8-11(16(19)20)6-7-13(15)10-18-14-5-3-2-4-12(14)9-17-18;3*1-2(3)4;1-2;;;;/h2*3-14H,15H2,1-2H3,(H,25,27);3-10H,11H2,1-2H3;2-9H,10H2,1H3,(H,19,20);3*1H3;2H2,1H3;;2*1H2;/q;;;;;;;;+1;;;-1. The van der Waals surface area contributed by atoms with Gasteiger partial charge in [-0.05, 0) is 117 Å². The van der Waals surface area contributed by atoms with Crippen molar-refractivity contribution in [1.82, 2.24) is 48.6 Å². The van der Waals surface area contributed by atoms with Crippen LogP contribution < -0.4 is 53.0 Å². The van der Waals surface area contributed by atoms with Gasteiger partial charge in [-0.2, -0.15) is 20.4 Å². The summed E-state index contributed by atoms with van der Waals surface area (Å²) in [6.07, 6.45) is 7.23. The second-order valence-electron chi connectivity index (χ2n) is 25.1. The molecule has 0 unspecified atom stereocenters. The van der Waals surface area contributed by atoms with Gasteiger partial charge in [-0.15, -0.1) is 0 Å². The molecule has 4 aromatic heterocycles. The zero-order valence-corrected chi connectivity index (χ0v) is 70.1. The number of aryl methyl sites for hydroxylation is 2. The van der Waals surface area contributed by atoms with Crippen molar-refractivity contribution in [3.63, 3.8) is 0 Å². The molecule has 0 aliphatic carbocycles. The number of para-hydroxylation sites is 4. The minimum absolute atomic E-state index is 0. The van der Waals surface area contributed by atoms with Crippen LogP contribution in [0.15, 0.2) is 253 Å². The molecule has 0 aliphatic rings. The van der Waals surface area contributed by atoms with Gasteiger partial charge in [0.2, 0.25) is 0 Å². The van der Waals surface area contributed by atoms with Crippen LogP contribution in [0.5, 0.6) is 23.0 Å². The number of carbonyl (C=O) groups is 4. The molecule has 36 nitrogen and oxygen atoms in total. The topological polar surface area (TPSA) is 517 Å². The van der Waals surface area contributed by atoms with Crippen molar-refractivity contribution in [1.29, 1.82) is 0 Å². The molecule has 0 bridgehead atoms. The Kier molecular flexibility index (Phi) is 39.4. The van der Waals surface area contributed by atoms with Crippen LogP contribution in [0, 0.1) is 44.2 Å². The molecule has 0 radical (unpaired) electrons. The summed E-state index contributed by atoms with van der Waals surface area (Å²) >= 11 is 0. The number of rotatable bonds is 20. The molecule has 9 N–H and O–H groups in total. The summed E-state index contributed by atoms with van der Waals surface area (Å²) in [5.74, 6) is -0.660. The van der Waals surface area contributed by atoms with Crippen LogP contribution in [0.2, 0.25) is 0 Å². The first-order valence-electron chi connectivity index (χ1n) is 35.6. The Balaban J connectivity index is 0.000000402. The number of nitrogens with two attached hydrogens (primary N) is 1. The number of aromatic nitrogens is 8. The SMILES string of the molecule is CN.COC(=O)c1ccc(Cn2ncc3ccccc32)c(OC)c1.COc1cc(C(=O)NS(=O)(=O)c2ccccc2C)ccc1Cn1ncc2ccccc21.COc1cc(C(=O)NS(=O)(=O)c2ccccc2C)ccc1Cn1ncc2ccccc21.COc1cc(C(=O)O)ccc1Cn1ncc2ccccc21.C[N+](=O)[O-].C[N+](=O)[O-].C[N+](=O)[O-].O.O.[H-].[Li+]. The molecule has 4 heterocycles. The van der Waals surface area contributed by atoms with Crippen LogP contribution in [0.1, 0.15) is 76.2 Å². The first kappa shape index (κ1) is 100. The van der Waals surface area contributed by atoms with Gasteiger partial charge in [0, 0.05) is 69.7 Å². The smallest absolute Gasteiger partial charge is 1.00 e. The van der Waals surface area contributed by atoms with Crippen molar-refractivity contribution in [3.8, 4) is 23.0 Å². The molecule has 0 spiro atoms. The number of sulfonamides is 2. The Hall–Kier alpha value is -14.3. The number of carboxylic acids is 1. The fraction of sp³-hybridized carbons (Fsp3) is 0.181. The Morgan fingerprint density at radius 3 is 0.885 bits per heavy atom. The van der Waals surface area contributed by atoms with E-state index in [-0.39, 0.29) is 63.7 Å². The number of aromatic carboxylic acids is 1. The third-order valence-electron chi connectivity index (χ3n) is 17.0. The normalized spacial score (nSPS) is 10.2. The number of nitrogens with one attached hydrogen (secondary N) is 2. The summed E-state index contributed by atoms with van der Waals surface area (Å²) in [4.78, 5) is 72.9. The zero-order chi connectivity index (χ0) is 87.1. The molecule has 638 valence electrons. The van der Waals surface area contributed by atoms with E-state index in [9.17, 15) is 36.0 Å². The van der Waals surface area contributed by atoms with Crippen molar-refractivity contribution in [2.24, 2.45) is 5.73 Å². The van der Waals surface area contributed by atoms with E-state index in [1.165, 1.54) is 65.8 Å². The number of hydrogen-bond acceptors (Lipinski definition) is 24. The summed E-state index contributed by atoms with van der Waals surface area (Å²) in [7, 11) is 3.68. The van der Waals surface area contributed by atoms with Crippen molar-refractivity contribution < 1.29 is 111 Å². The number of hydrogen-bond donors (Lipinski definition) is 4. The maximum Gasteiger partial charge on any atom is 1.00 e. The number of fused-ring (bicyclic) bond motifs is 4. The third kappa shape index (κ3) is 27.9. The fourth-order valence-corrected chi connectivity index (χ4v) is 14.0. The Labute approximate surface area is 714 Å². The molecular formula is C83H91LiN14O22S2. The van der Waals surface area contributed by atoms with Gasteiger partial charge in [-0.25, -0.2) is 35.9 Å². The van der Waals surface area contributed by atoms with Gasteiger partial charge in [0.1, 0.15) is 23.0 Å². The number of esters is 1. The molecule has 10 aromatic carbocycles. The molecule has 0 saturated carbocycles. The number of nitrogens with zero attached hydrogens (tertiary/aromatic N) is 11. The van der Waals surface area contributed by atoms with Crippen LogP contribution in [0.4, 0.5) is 0 Å². The number of amides is 2. The summed E-state index contributed by atoms with van der Waals surface area (Å²) in [5, 5.41) is 57.3. The van der Waals surface area contributed by atoms with E-state index < -0.39 is 52.6 Å². The average Bonchev–Trinajstić information content (AvgIpc) is 1.33. The quantitative estimate of drug-likeness (QED) is 0.0249. The number of carboxylic acid groups (broad SMARTS) is 1. The molecule has 0 fully saturated rings. The Bertz CT molecular complexity index is 5910. The number of benzene rings is 10. The van der Waals surface area contributed by atoms with Gasteiger partial charge in [0.05, 0.1) is 130 Å². The predicted molar refractivity (Wildman–Crippen MR) is 454 cm³/mol. The van der Waals surface area contributed by atoms with E-state index in [4.69, 9.17) is 59.1 Å². The molecule has 0 aliphatic heterocycles. The van der Waals surface area contributed by atoms with Crippen LogP contribution in [0.3, 0.4) is 0 Å². The third-order valence-corrected chi connectivity index (χ3v) is 20.0. The second-order valence-corrected chi connectivity index (χ2v) is 28.4. The predicted octanol–water partition coefficient (Wildman–Crippen LogP) is 7.43. The molecule has 39 heteroatoms. The average molecular weight is 1710 g/mol. The monoisotopic (exact) mass is 1710 g/mol. The van der Waals surface area contributed by atoms with Gasteiger partial charge >= 0.3 is 30.8 Å². The maximum absolute atomic E-state index is 12.7. The van der Waals surface area contributed by atoms with E-state index in [0.717, 1.165) is 87.0 Å². The number of ether oxygens (including phenoxy) is 5. The van der Waals surface area contributed by atoms with Gasteiger partial charge in [-0.1, -0.05) is 133 Å². The molecule has 0 saturated heterocycles. The summed E-state index contributed by atoms with van der Waals surface area (Å²) in [6, 6.07) is 64.5. The van der Waals surface area contributed by atoms with Gasteiger partial charge in [-0.3, -0.25) is 58.7 Å². The summed E-state index contributed by atoms with van der Waals surface area (Å²) < 4.78 is 88.5. The first-order chi connectivity index (χ1) is 56.9. The molecular weight excluding hydrogens is 1620 g/mol. The summed E-state index contributed by atoms with van der Waals surface area (Å²) in [6.45, 7) is 5.33. The number of carbonyl (C=O) groups excluding carboxylic acids is 3. The van der Waals surface area contributed by atoms with Crippen LogP contribution >= 0.6 is 0 Å². The Morgan fingerprint density at radius 1 is 0.402 bits per heavy atom. The van der Waals surface area contributed by atoms with Crippen molar-refractivity contribution in [2.75, 3.05) is 63.7 Å². The molecule has 2 amide bonds. The minimum Gasteiger partial charge on any atom is -1.00 e. The molecule has 122 heavy (non-hydrogen) atoms. The maximum atomic E-state index is 12.7. The van der Waals surface area contributed by atoms with E-state index in [2.05, 4.69) is 35.6 Å². The number of nitro groups is 3. The van der Waals surface area contributed by atoms with Gasteiger partial charge < -0.3 is 46.9 Å². The van der Waals surface area contributed by atoms with Gasteiger partial charge in [0.15, 0.2) is 21.1 Å². The molecule has 14 rings (SSSR count). The largest absolute Gasteiger partial charge is 1.00 e. The van der Waals surface area contributed by atoms with Gasteiger partial charge in [0.25, 0.3) is 31.9 Å². The zero-order valence-electron chi connectivity index (χ0n) is 69.4. The van der Waals surface area contributed by atoms with Crippen LogP contribution in [-0.4, -0.2) is 174 Å². The minimum atomic E-state index is -3.99. The van der Waals surface area contributed by atoms with Crippen LogP contribution in [0.25, 0.3) is 43.6 Å². The Morgan fingerprint density at radius 2 is 0.631 bits per heavy atom. The van der Waals surface area contributed by atoms with E-state index >= 15 is 0 Å². The molecule has 0 atom stereocenters. The molecule has 14 aromatic rings. The van der Waals surface area contributed by atoms with E-state index in [0.29, 0.717) is 65.9 Å². The van der Waals surface area contributed by atoms with Crippen molar-refractivity contribution >= 4 is 87.4 Å². The van der Waals surface area contributed by atoms with Crippen molar-refractivity contribution in [2.45, 2.75) is 49.8 Å². The summed E-state index contributed by atoms with van der Waals surface area (Å²) in [5.41, 5.74) is 14.2. The number of methoxy groups -OCH3 is 5. The first-order valence-corrected chi connectivity index (χ1v) is 38.5. The second kappa shape index (κ2) is 48.0. The van der Waals surface area contributed by atoms with Crippen molar-refractivity contribution in [3.05, 3.63) is 329 Å². The van der Waals surface area contributed by atoms with E-state index in [1.54, 1.807) is 118 Å².